The predicted octanol–water partition coefficient (Wildman–Crippen LogP) is 17.0. The van der Waals surface area contributed by atoms with E-state index in [1.807, 2.05) is 0 Å². The molecular weight excluding hydrogens is 1840 g/mol. The lowest BCUT2D eigenvalue weighted by atomic mass is 10.0. The van der Waals surface area contributed by atoms with Crippen LogP contribution in [0, 0.1) is 41.5 Å². The molecule has 0 aliphatic rings. The summed E-state index contributed by atoms with van der Waals surface area (Å²) in [6.45, 7) is 9.20. The number of hydrogen-bond donors (Lipinski definition) is 15. The Hall–Kier alpha value is -13.4. The number of phenolic OH excluding ortho intramolecular Hbond substituents is 2. The lowest BCUT2D eigenvalue weighted by molar-refractivity contribution is 0.478. The first kappa shape index (κ1) is 90.3. The van der Waals surface area contributed by atoms with Crippen LogP contribution in [0.25, 0.3) is 32.3 Å². The van der Waals surface area contributed by atoms with Gasteiger partial charge in [-0.25, -0.2) is 0 Å². The number of nitrogens with one attached hydrogen (secondary N) is 4. The van der Waals surface area contributed by atoms with E-state index in [0.717, 1.165) is 12.1 Å². The summed E-state index contributed by atoms with van der Waals surface area (Å²) in [5.74, 6) is -2.54. The first-order valence-corrected chi connectivity index (χ1v) is 45.8. The highest BCUT2D eigenvalue weighted by Gasteiger charge is 2.30. The molecule has 0 unspecified atom stereocenters. The molecule has 0 aliphatic carbocycles. The molecule has 0 aliphatic heterocycles. The smallest absolute Gasteiger partial charge is 0.296 e. The maximum absolute atomic E-state index is 13.0. The number of aryl methyl sites for hydroxylation is 6. The molecule has 0 saturated carbocycles. The number of rotatable bonds is 25. The van der Waals surface area contributed by atoms with Crippen LogP contribution in [0.3, 0.4) is 0 Å². The molecule has 0 atom stereocenters. The van der Waals surface area contributed by atoms with Crippen molar-refractivity contribution in [2.24, 2.45) is 51.1 Å². The highest BCUT2D eigenvalue weighted by atomic mass is 35.5. The van der Waals surface area contributed by atoms with Crippen molar-refractivity contribution in [2.75, 3.05) is 32.7 Å². The zero-order chi connectivity index (χ0) is 91.7. The van der Waals surface area contributed by atoms with Crippen molar-refractivity contribution in [3.05, 3.63) is 183 Å². The van der Waals surface area contributed by atoms with Gasteiger partial charge in [-0.05, 0) is 236 Å². The molecule has 126 heavy (non-hydrogen) atoms. The summed E-state index contributed by atoms with van der Waals surface area (Å²) in [6, 6.07) is 27.4. The minimum Gasteiger partial charge on any atom is -0.505 e. The largest absolute Gasteiger partial charge is 0.505 e. The minimum atomic E-state index is -5.22. The van der Waals surface area contributed by atoms with Crippen molar-refractivity contribution in [2.45, 2.75) is 75.8 Å². The number of azo groups is 5. The number of anilines is 10. The Morgan fingerprint density at radius 2 is 0.651 bits per heavy atom. The molecule has 0 bridgehead atoms. The van der Waals surface area contributed by atoms with Gasteiger partial charge < -0.3 is 42.9 Å². The van der Waals surface area contributed by atoms with Crippen molar-refractivity contribution in [1.29, 1.82) is 0 Å². The summed E-state index contributed by atoms with van der Waals surface area (Å²) in [6.07, 6.45) is 0. The SMILES string of the molecule is Cc1cc(S(=O)(=O)O)c2cc(N=Nc3ccc(Nc4nc(Cl)nc(Nc5ccc(C)c(N=Nc6c(S(=O)(=O)O)cc7cc(C)c(N=Nc8cc(S(=O)(=O)O)ccc8S(=O)(=O)O)c(O)c7c6N)c5)n4)cc3Nc3nc(Cl)nc(Nc4ccc(C)c(N=Nc5c(S(=O)(=O)O)cc6cc(C)c(N=Nc7cc(S(=O)(=O)O)ccc7S(=O)(=O)O)c(O)c6c5N)c4)n3)c(C)cc2c1. The molecule has 0 radical (unpaired) electrons. The number of nitrogens with zero attached hydrogens (tertiary/aromatic N) is 16. The van der Waals surface area contributed by atoms with E-state index in [9.17, 15) is 101 Å². The van der Waals surface area contributed by atoms with Crippen molar-refractivity contribution >= 4 is 241 Å². The molecule has 2 heterocycles. The predicted molar refractivity (Wildman–Crippen MR) is 457 cm³/mol. The van der Waals surface area contributed by atoms with E-state index in [2.05, 4.69) is 102 Å². The average Bonchev–Trinajstić information content (AvgIpc) is 0.747. The number of benzene rings is 11. The van der Waals surface area contributed by atoms with E-state index in [1.165, 1.54) is 80.6 Å². The van der Waals surface area contributed by atoms with Gasteiger partial charge in [0.25, 0.3) is 70.8 Å². The molecule has 45 nitrogen and oxygen atoms in total. The summed E-state index contributed by atoms with van der Waals surface area (Å²) >= 11 is 13.1. The molecule has 0 saturated heterocycles. The Morgan fingerprint density at radius 1 is 0.302 bits per heavy atom. The van der Waals surface area contributed by atoms with Gasteiger partial charge >= 0.3 is 0 Å². The molecule has 17 N–H and O–H groups in total. The van der Waals surface area contributed by atoms with Gasteiger partial charge in [-0.3, -0.25) is 31.9 Å². The van der Waals surface area contributed by atoms with E-state index >= 15 is 0 Å². The van der Waals surface area contributed by atoms with Crippen LogP contribution in [0.5, 0.6) is 11.5 Å². The van der Waals surface area contributed by atoms with Crippen molar-refractivity contribution in [3.8, 4) is 11.5 Å². The fourth-order valence-corrected chi connectivity index (χ4v) is 17.1. The number of aromatic nitrogens is 6. The van der Waals surface area contributed by atoms with E-state index in [-0.39, 0.29) is 113 Å². The van der Waals surface area contributed by atoms with Gasteiger partial charge in [0.2, 0.25) is 34.4 Å². The van der Waals surface area contributed by atoms with E-state index in [1.54, 1.807) is 52.0 Å². The first-order chi connectivity index (χ1) is 58.7. The standard InChI is InChI=1S/C72H58Cl2N22O23S7/c1-30-17-36-19-33(4)48(29-44(36)54(18-30)124(111,112)113)88-87-45-14-11-41(79-70-82-67(73)81-69(85-70)77-39-9-7-31(2)46(24-39)89-95-63-55(125(114,115)116)22-37-20-34(5)61(65(97)57(37)59(63)75)93-91-50-27-42(120(99,100)101)12-15-52(50)122(105,106)107)26-49(45)80-72-84-68(74)83-71(86-72)78-40-10-8-32(3)47(25-40)90-96-64-56(126(117,118)119)23-38-21-35(6)62(66(98)58(38)60(64)76)94-92-51-28-43(121(102,103)104)13-16-53(51)123(108,109)110/h7-29,97-98H,75-76H2,1-6H3,(H,99,100,101)(H,102,103,104)(H,105,106,107)(H,108,109,110)(H,111,112,113)(H,114,115,116)(H,117,118,119)(H2,77,79,81,82,85)(H2,78,80,83,84,86). The summed E-state index contributed by atoms with van der Waals surface area (Å²) in [7, 11) is -35.3. The highest BCUT2D eigenvalue weighted by molar-refractivity contribution is 7.87. The Labute approximate surface area is 721 Å². The van der Waals surface area contributed by atoms with Crippen molar-refractivity contribution < 1.29 is 101 Å². The average molecular weight is 1890 g/mol. The fourth-order valence-electron chi connectivity index (χ4n) is 12.4. The Balaban J connectivity index is 0.805. The van der Waals surface area contributed by atoms with Gasteiger partial charge in [0.15, 0.2) is 11.5 Å². The van der Waals surface area contributed by atoms with Gasteiger partial charge in [0.05, 0.1) is 54.7 Å². The van der Waals surface area contributed by atoms with Gasteiger partial charge in [0, 0.05) is 22.4 Å². The maximum Gasteiger partial charge on any atom is 0.296 e. The zero-order valence-corrected chi connectivity index (χ0v) is 71.7. The molecule has 54 heteroatoms. The summed E-state index contributed by atoms with van der Waals surface area (Å²) in [5.41, 5.74) is 10.7. The van der Waals surface area contributed by atoms with Gasteiger partial charge in [0.1, 0.15) is 64.3 Å². The molecule has 11 aromatic carbocycles. The van der Waals surface area contributed by atoms with Crippen LogP contribution in [0.15, 0.2) is 225 Å². The van der Waals surface area contributed by atoms with Crippen LogP contribution >= 0.6 is 23.2 Å². The normalized spacial score (nSPS) is 12.8. The summed E-state index contributed by atoms with van der Waals surface area (Å²) in [4.78, 5) is 20.1. The number of nitrogen functional groups attached to an aromatic ring is 2. The second kappa shape index (κ2) is 33.9. The quantitative estimate of drug-likeness (QED) is 0.0144. The molecule has 13 aromatic rings. The Bertz CT molecular complexity index is 7940. The van der Waals surface area contributed by atoms with Gasteiger partial charge in [-0.15, -0.1) is 35.8 Å². The monoisotopic (exact) mass is 1890 g/mol. The van der Waals surface area contributed by atoms with Crippen molar-refractivity contribution in [3.63, 3.8) is 0 Å². The maximum atomic E-state index is 13.0. The van der Waals surface area contributed by atoms with E-state index in [4.69, 9.17) is 34.7 Å². The molecule has 0 spiro atoms. The van der Waals surface area contributed by atoms with Crippen LogP contribution < -0.4 is 32.7 Å². The van der Waals surface area contributed by atoms with Gasteiger partial charge in [-0.2, -0.15) is 104 Å². The molecule has 650 valence electrons. The third-order valence-electron chi connectivity index (χ3n) is 18.2. The number of hydrogen-bond acceptors (Lipinski definition) is 38. The molecule has 0 fully saturated rings. The van der Waals surface area contributed by atoms with Crippen LogP contribution in [0.4, 0.5) is 115 Å². The first-order valence-electron chi connectivity index (χ1n) is 34.9. The van der Waals surface area contributed by atoms with Crippen LogP contribution in [-0.4, -0.2) is 131 Å². The Kier molecular flexibility index (Phi) is 24.3. The number of phenols is 2. The minimum absolute atomic E-state index is 0.00850. The van der Waals surface area contributed by atoms with Crippen LogP contribution in [-0.2, 0) is 70.8 Å². The molecule has 0 amide bonds. The summed E-state index contributed by atoms with van der Waals surface area (Å²) < 4.78 is 244. The summed E-state index contributed by atoms with van der Waals surface area (Å²) in [5, 5.41) is 75.2. The van der Waals surface area contributed by atoms with E-state index in [0.29, 0.717) is 64.0 Å². The van der Waals surface area contributed by atoms with Crippen LogP contribution in [0.2, 0.25) is 10.6 Å². The molecule has 13 rings (SSSR count). The number of aromatic hydroxyl groups is 2. The molecular formula is C72H58Cl2N22O23S7. The second-order valence-corrected chi connectivity index (χ2v) is 37.7. The van der Waals surface area contributed by atoms with Crippen LogP contribution in [0.1, 0.15) is 33.4 Å². The third kappa shape index (κ3) is 19.9. The third-order valence-corrected chi connectivity index (χ3v) is 24.7. The fraction of sp³-hybridized carbons (Fsp3) is 0.0833. The number of nitrogens with two attached hydrogens (primary N) is 2. The topological polar surface area (TPSA) is 722 Å². The molecule has 2 aromatic heterocycles. The van der Waals surface area contributed by atoms with E-state index < -0.39 is 167 Å². The Morgan fingerprint density at radius 3 is 1.06 bits per heavy atom. The zero-order valence-electron chi connectivity index (χ0n) is 64.4. The second-order valence-electron chi connectivity index (χ2n) is 27.2. The van der Waals surface area contributed by atoms with Crippen molar-refractivity contribution in [1.82, 2.24) is 29.9 Å². The lowest BCUT2D eigenvalue weighted by Gasteiger charge is -2.14. The lowest BCUT2D eigenvalue weighted by Crippen LogP contribution is -2.05. The number of fused-ring (bicyclic) bond motifs is 3. The highest BCUT2D eigenvalue weighted by Crippen LogP contribution is 2.51. The number of halogens is 2. The van der Waals surface area contributed by atoms with Gasteiger partial charge in [-0.1, -0.05) is 18.2 Å².